The van der Waals surface area contributed by atoms with Gasteiger partial charge >= 0.3 is 0 Å². The summed E-state index contributed by atoms with van der Waals surface area (Å²) in [4.78, 5) is 13.5. The molecule has 0 unspecified atom stereocenters. The lowest BCUT2D eigenvalue weighted by Crippen LogP contribution is -2.42. The Balaban J connectivity index is 1.60. The van der Waals surface area contributed by atoms with Gasteiger partial charge in [-0.05, 0) is 48.2 Å². The van der Waals surface area contributed by atoms with Crippen molar-refractivity contribution in [1.82, 2.24) is 25.5 Å². The Morgan fingerprint density at radius 1 is 1.30 bits per heavy atom. The lowest BCUT2D eigenvalue weighted by atomic mass is 9.86. The number of nitrogens with zero attached hydrogens (tertiary/aromatic N) is 4. The molecule has 2 atom stereocenters. The SMILES string of the molecule is C[C@@H]1CCCC[C@@H]1NC(=O)Cn1nnc(-c2ccc(Br)cc2)n1. The van der Waals surface area contributed by atoms with Crippen LogP contribution in [0.3, 0.4) is 0 Å². The number of tetrazole rings is 1. The first-order valence-corrected chi connectivity index (χ1v) is 8.74. The van der Waals surface area contributed by atoms with Gasteiger partial charge in [0.25, 0.3) is 0 Å². The summed E-state index contributed by atoms with van der Waals surface area (Å²) in [5.41, 5.74) is 0.876. The maximum Gasteiger partial charge on any atom is 0.243 e. The van der Waals surface area contributed by atoms with Crippen molar-refractivity contribution in [2.24, 2.45) is 5.92 Å². The molecular formula is C16H20BrN5O. The maximum atomic E-state index is 12.2. The lowest BCUT2D eigenvalue weighted by molar-refractivity contribution is -0.123. The predicted molar refractivity (Wildman–Crippen MR) is 90.5 cm³/mol. The summed E-state index contributed by atoms with van der Waals surface area (Å²) >= 11 is 3.39. The van der Waals surface area contributed by atoms with Crippen LogP contribution >= 0.6 is 15.9 Å². The third-order valence-corrected chi connectivity index (χ3v) is 4.83. The molecule has 1 N–H and O–H groups in total. The van der Waals surface area contributed by atoms with Crippen LogP contribution in [0.15, 0.2) is 28.7 Å². The number of carbonyl (C=O) groups is 1. The van der Waals surface area contributed by atoms with Crippen LogP contribution in [0.5, 0.6) is 0 Å². The first-order valence-electron chi connectivity index (χ1n) is 7.95. The van der Waals surface area contributed by atoms with Crippen LogP contribution in [0.4, 0.5) is 0 Å². The third-order valence-electron chi connectivity index (χ3n) is 4.30. The lowest BCUT2D eigenvalue weighted by Gasteiger charge is -2.29. The molecule has 6 nitrogen and oxygen atoms in total. The van der Waals surface area contributed by atoms with Gasteiger partial charge in [0.2, 0.25) is 11.7 Å². The topological polar surface area (TPSA) is 72.7 Å². The van der Waals surface area contributed by atoms with E-state index in [0.717, 1.165) is 16.5 Å². The van der Waals surface area contributed by atoms with Gasteiger partial charge in [0, 0.05) is 16.1 Å². The van der Waals surface area contributed by atoms with Crippen LogP contribution < -0.4 is 5.32 Å². The van der Waals surface area contributed by atoms with Gasteiger partial charge in [-0.25, -0.2) is 0 Å². The van der Waals surface area contributed by atoms with Crippen molar-refractivity contribution in [3.8, 4) is 11.4 Å². The highest BCUT2D eigenvalue weighted by molar-refractivity contribution is 9.10. The number of nitrogens with one attached hydrogen (secondary N) is 1. The number of benzene rings is 1. The van der Waals surface area contributed by atoms with Crippen LogP contribution in [0.2, 0.25) is 0 Å². The molecule has 0 bridgehead atoms. The van der Waals surface area contributed by atoms with Gasteiger partial charge in [-0.15, -0.1) is 10.2 Å². The summed E-state index contributed by atoms with van der Waals surface area (Å²) in [5.74, 6) is 1.01. The second-order valence-corrected chi connectivity index (χ2v) is 7.00. The number of rotatable bonds is 4. The Labute approximate surface area is 143 Å². The van der Waals surface area contributed by atoms with E-state index in [-0.39, 0.29) is 18.5 Å². The minimum Gasteiger partial charge on any atom is -0.351 e. The van der Waals surface area contributed by atoms with Crippen LogP contribution in [0.1, 0.15) is 32.6 Å². The fourth-order valence-corrected chi connectivity index (χ4v) is 3.20. The molecule has 1 heterocycles. The molecule has 1 aliphatic rings. The maximum absolute atomic E-state index is 12.2. The molecule has 1 aliphatic carbocycles. The van der Waals surface area contributed by atoms with Gasteiger partial charge < -0.3 is 5.32 Å². The molecule has 122 valence electrons. The average molecular weight is 378 g/mol. The predicted octanol–water partition coefficient (Wildman–Crippen LogP) is 2.80. The Hall–Kier alpha value is -1.76. The van der Waals surface area contributed by atoms with Gasteiger partial charge in [-0.3, -0.25) is 4.79 Å². The van der Waals surface area contributed by atoms with Gasteiger partial charge in [-0.1, -0.05) is 35.7 Å². The second kappa shape index (κ2) is 7.21. The molecule has 23 heavy (non-hydrogen) atoms. The Kier molecular flexibility index (Phi) is 5.05. The largest absolute Gasteiger partial charge is 0.351 e. The van der Waals surface area contributed by atoms with Crippen molar-refractivity contribution in [2.75, 3.05) is 0 Å². The zero-order chi connectivity index (χ0) is 16.2. The summed E-state index contributed by atoms with van der Waals surface area (Å²) < 4.78 is 0.995. The van der Waals surface area contributed by atoms with Crippen LogP contribution in [-0.4, -0.2) is 32.2 Å². The average Bonchev–Trinajstić information content (AvgIpc) is 2.98. The molecule has 2 aromatic rings. The molecule has 1 amide bonds. The number of aromatic nitrogens is 4. The molecular weight excluding hydrogens is 358 g/mol. The first kappa shape index (κ1) is 16.1. The molecule has 1 aromatic heterocycles. The normalized spacial score (nSPS) is 21.1. The summed E-state index contributed by atoms with van der Waals surface area (Å²) in [7, 11) is 0. The number of amides is 1. The molecule has 1 saturated carbocycles. The fourth-order valence-electron chi connectivity index (χ4n) is 2.94. The quantitative estimate of drug-likeness (QED) is 0.888. The highest BCUT2D eigenvalue weighted by atomic mass is 79.9. The zero-order valence-electron chi connectivity index (χ0n) is 13.1. The number of hydrogen-bond acceptors (Lipinski definition) is 4. The minimum absolute atomic E-state index is 0.0523. The van der Waals surface area contributed by atoms with Crippen LogP contribution in [0, 0.1) is 5.92 Å². The number of hydrogen-bond donors (Lipinski definition) is 1. The Morgan fingerprint density at radius 3 is 2.78 bits per heavy atom. The molecule has 7 heteroatoms. The third kappa shape index (κ3) is 4.16. The molecule has 0 spiro atoms. The highest BCUT2D eigenvalue weighted by Crippen LogP contribution is 2.23. The van der Waals surface area contributed by atoms with E-state index in [1.54, 1.807) is 0 Å². The van der Waals surface area contributed by atoms with Crippen molar-refractivity contribution >= 4 is 21.8 Å². The van der Waals surface area contributed by atoms with E-state index in [1.165, 1.54) is 24.1 Å². The van der Waals surface area contributed by atoms with Crippen molar-refractivity contribution in [2.45, 2.75) is 45.2 Å². The summed E-state index contributed by atoms with van der Waals surface area (Å²) in [6, 6.07) is 7.94. The van der Waals surface area contributed by atoms with Crippen LogP contribution in [-0.2, 0) is 11.3 Å². The zero-order valence-corrected chi connectivity index (χ0v) is 14.7. The molecule has 1 aromatic carbocycles. The molecule has 1 fully saturated rings. The monoisotopic (exact) mass is 377 g/mol. The van der Waals surface area contributed by atoms with E-state index in [2.05, 4.69) is 43.6 Å². The number of carbonyl (C=O) groups excluding carboxylic acids is 1. The van der Waals surface area contributed by atoms with E-state index < -0.39 is 0 Å². The summed E-state index contributed by atoms with van der Waals surface area (Å²) in [6.45, 7) is 2.30. The van der Waals surface area contributed by atoms with Crippen molar-refractivity contribution in [3.63, 3.8) is 0 Å². The molecule has 0 saturated heterocycles. The Bertz CT molecular complexity index is 669. The van der Waals surface area contributed by atoms with E-state index in [4.69, 9.17) is 0 Å². The minimum atomic E-state index is -0.0523. The standard InChI is InChI=1S/C16H20BrN5O/c1-11-4-2-3-5-14(11)18-15(23)10-22-20-16(19-21-22)12-6-8-13(17)9-7-12/h6-9,11,14H,2-5,10H2,1H3,(H,18,23)/t11-,14+/m1/s1. The van der Waals surface area contributed by atoms with Gasteiger partial charge in [0.1, 0.15) is 6.54 Å². The van der Waals surface area contributed by atoms with E-state index in [1.807, 2.05) is 24.3 Å². The van der Waals surface area contributed by atoms with E-state index >= 15 is 0 Å². The molecule has 3 rings (SSSR count). The van der Waals surface area contributed by atoms with E-state index in [0.29, 0.717) is 11.7 Å². The summed E-state index contributed by atoms with van der Waals surface area (Å²) in [5, 5.41) is 15.4. The van der Waals surface area contributed by atoms with E-state index in [9.17, 15) is 4.79 Å². The highest BCUT2D eigenvalue weighted by Gasteiger charge is 2.23. The van der Waals surface area contributed by atoms with Crippen molar-refractivity contribution in [3.05, 3.63) is 28.7 Å². The molecule has 0 radical (unpaired) electrons. The fraction of sp³-hybridized carbons (Fsp3) is 0.500. The smallest absolute Gasteiger partial charge is 0.243 e. The second-order valence-electron chi connectivity index (χ2n) is 6.09. The van der Waals surface area contributed by atoms with Gasteiger partial charge in [0.15, 0.2) is 0 Å². The van der Waals surface area contributed by atoms with Crippen molar-refractivity contribution < 1.29 is 4.79 Å². The number of halogens is 1. The first-order chi connectivity index (χ1) is 11.1. The Morgan fingerprint density at radius 2 is 2.04 bits per heavy atom. The van der Waals surface area contributed by atoms with Crippen LogP contribution in [0.25, 0.3) is 11.4 Å². The van der Waals surface area contributed by atoms with Gasteiger partial charge in [-0.2, -0.15) is 4.80 Å². The molecule has 0 aliphatic heterocycles. The van der Waals surface area contributed by atoms with Gasteiger partial charge in [0.05, 0.1) is 0 Å². The van der Waals surface area contributed by atoms with Crippen molar-refractivity contribution in [1.29, 1.82) is 0 Å². The summed E-state index contributed by atoms with van der Waals surface area (Å²) in [6.07, 6.45) is 4.68.